The van der Waals surface area contributed by atoms with Crippen molar-refractivity contribution in [2.75, 3.05) is 24.9 Å². The van der Waals surface area contributed by atoms with Gasteiger partial charge < -0.3 is 29.6 Å². The number of ketones is 1. The molecule has 0 aliphatic carbocycles. The Labute approximate surface area is 284 Å². The number of fused-ring (bicyclic) bond motifs is 4. The molecule has 2 unspecified atom stereocenters. The van der Waals surface area contributed by atoms with Crippen molar-refractivity contribution in [1.82, 2.24) is 24.4 Å². The number of alkyl halides is 2. The Morgan fingerprint density at radius 2 is 1.82 bits per heavy atom. The van der Waals surface area contributed by atoms with E-state index in [4.69, 9.17) is 42.8 Å². The summed E-state index contributed by atoms with van der Waals surface area (Å²) in [7, 11) is -5.25. The summed E-state index contributed by atoms with van der Waals surface area (Å²) in [6.45, 7) is -3.50. The monoisotopic (exact) mass is 770 g/mol. The van der Waals surface area contributed by atoms with Crippen LogP contribution in [0.3, 0.4) is 0 Å². The third-order valence-corrected chi connectivity index (χ3v) is 11.9. The highest BCUT2D eigenvalue weighted by Crippen LogP contribution is 2.64. The number of carbonyl (C=O) groups is 3. The summed E-state index contributed by atoms with van der Waals surface area (Å²) in [6.07, 6.45) is -13.2. The molecule has 6 rings (SSSR count). The number of phosphoric acid groups is 1. The molecule has 274 valence electrons. The molecule has 25 heteroatoms. The molecule has 6 heterocycles. The van der Waals surface area contributed by atoms with Gasteiger partial charge >= 0.3 is 20.8 Å². The fourth-order valence-electron chi connectivity index (χ4n) is 5.30. The number of aromatic nitrogens is 4. The van der Waals surface area contributed by atoms with Crippen molar-refractivity contribution in [2.45, 2.75) is 75.6 Å². The Balaban J connectivity index is 1.33. The van der Waals surface area contributed by atoms with Gasteiger partial charge in [0, 0.05) is 17.6 Å². The number of nitrogens with two attached hydrogens (primary N) is 1. The van der Waals surface area contributed by atoms with Gasteiger partial charge in [0.2, 0.25) is 5.91 Å². The summed E-state index contributed by atoms with van der Waals surface area (Å²) in [5.41, 5.74) is 6.04. The summed E-state index contributed by atoms with van der Waals surface area (Å²) in [4.78, 5) is 59.6. The smallest absolute Gasteiger partial charge is 0.432 e. The number of hydrogen-bond donors (Lipinski definition) is 2. The first kappa shape index (κ1) is 36.7. The van der Waals surface area contributed by atoms with Crippen LogP contribution in [0.4, 0.5) is 19.4 Å². The summed E-state index contributed by atoms with van der Waals surface area (Å²) in [5, 5.41) is 0. The van der Waals surface area contributed by atoms with Gasteiger partial charge in [0.25, 0.3) is 0 Å². The van der Waals surface area contributed by atoms with Crippen molar-refractivity contribution < 1.29 is 74.2 Å². The number of imidazole rings is 1. The lowest BCUT2D eigenvalue weighted by Gasteiger charge is -2.28. The van der Waals surface area contributed by atoms with Crippen molar-refractivity contribution in [3.63, 3.8) is 0 Å². The van der Waals surface area contributed by atoms with E-state index in [0.29, 0.717) is 0 Å². The van der Waals surface area contributed by atoms with Crippen molar-refractivity contribution in [3.05, 3.63) is 24.9 Å². The molecule has 3 fully saturated rings. The maximum atomic E-state index is 16.2. The van der Waals surface area contributed by atoms with Crippen LogP contribution in [-0.2, 0) is 55.8 Å². The Morgan fingerprint density at radius 3 is 2.56 bits per heavy atom. The van der Waals surface area contributed by atoms with Crippen LogP contribution in [0.15, 0.2) is 24.9 Å². The van der Waals surface area contributed by atoms with Crippen molar-refractivity contribution in [3.8, 4) is 0 Å². The van der Waals surface area contributed by atoms with E-state index in [-0.39, 0.29) is 28.4 Å². The first-order valence-corrected chi connectivity index (χ1v) is 19.4. The number of ether oxygens (including phenoxy) is 4. The molecule has 0 saturated carbocycles. The fraction of sp³-hybridized carbons (Fsp3) is 0.600. The zero-order valence-corrected chi connectivity index (χ0v) is 28.6. The third-order valence-electron chi connectivity index (χ3n) is 7.53. The molecular weight excluding hydrogens is 740 g/mol. The molecule has 2 aromatic rings. The summed E-state index contributed by atoms with van der Waals surface area (Å²) < 4.78 is 104. The number of rotatable bonds is 6. The van der Waals surface area contributed by atoms with Crippen molar-refractivity contribution in [1.29, 1.82) is 0 Å². The van der Waals surface area contributed by atoms with Crippen LogP contribution >= 0.6 is 26.0 Å². The molecule has 3 N–H and O–H groups in total. The minimum Gasteiger partial charge on any atom is -0.432 e. The molecule has 4 aliphatic heterocycles. The number of phosphoric ester groups is 1. The van der Waals surface area contributed by atoms with E-state index < -0.39 is 113 Å². The lowest BCUT2D eigenvalue weighted by atomic mass is 10.1. The number of nitrogen functional groups attached to an aromatic ring is 1. The van der Waals surface area contributed by atoms with Gasteiger partial charge in [0.05, 0.1) is 32.1 Å². The second kappa shape index (κ2) is 14.5. The third kappa shape index (κ3) is 7.71. The molecule has 20 nitrogen and oxygen atoms in total. The number of carbonyl (C=O) groups excluding carboxylic acids is 3. The molecule has 10 atom stereocenters. The lowest BCUT2D eigenvalue weighted by Crippen LogP contribution is -2.44. The quantitative estimate of drug-likeness (QED) is 0.185. The minimum atomic E-state index is -5.25. The Kier molecular flexibility index (Phi) is 10.6. The molecule has 50 heavy (non-hydrogen) atoms. The van der Waals surface area contributed by atoms with Crippen LogP contribution in [-0.4, -0.2) is 115 Å². The topological polar surface area (TPSA) is 252 Å². The van der Waals surface area contributed by atoms with Gasteiger partial charge in [-0.1, -0.05) is 0 Å². The minimum absolute atomic E-state index is 0.0275. The van der Waals surface area contributed by atoms with Crippen molar-refractivity contribution >= 4 is 60.8 Å². The first-order valence-electron chi connectivity index (χ1n) is 14.8. The molecule has 0 radical (unpaired) electrons. The molecule has 2 bridgehead atoms. The van der Waals surface area contributed by atoms with Crippen LogP contribution in [0.5, 0.6) is 0 Å². The largest absolute Gasteiger partial charge is 0.509 e. The molecule has 4 aliphatic rings. The van der Waals surface area contributed by atoms with E-state index in [2.05, 4.69) is 15.0 Å². The maximum Gasteiger partial charge on any atom is 0.509 e. The van der Waals surface area contributed by atoms with Crippen LogP contribution in [0.25, 0.3) is 11.2 Å². The second-order valence-corrected chi connectivity index (χ2v) is 16.7. The van der Waals surface area contributed by atoms with Gasteiger partial charge in [-0.2, -0.15) is 0 Å². The molecule has 1 amide bonds. The van der Waals surface area contributed by atoms with Crippen LogP contribution in [0.1, 0.15) is 26.5 Å². The zero-order chi connectivity index (χ0) is 36.0. The number of amides is 1. The highest BCUT2D eigenvalue weighted by atomic mass is 32.7. The van der Waals surface area contributed by atoms with E-state index >= 15 is 8.78 Å². The zero-order valence-electron chi connectivity index (χ0n) is 26.0. The first-order chi connectivity index (χ1) is 23.6. The Morgan fingerprint density at radius 1 is 1.08 bits per heavy atom. The molecule has 2 aromatic heterocycles. The average molecular weight is 771 g/mol. The van der Waals surface area contributed by atoms with E-state index in [1.165, 1.54) is 10.9 Å². The predicted octanol–water partition coefficient (Wildman–Crippen LogP) is 2.30. The normalized spacial score (nSPS) is 36.6. The molecule has 0 spiro atoms. The SMILES string of the molecule is CC(C)OC(=O)OCSP1(=O)OC[C@H]2O[C@@H](N3C=CC(=O)CC3=O)[C@H](F)[C@@H]2OP(=O)(O)OC[C@H]2O[C@@H](n3cnc4c(N)ncnc43)[C@H](O1)[C@@H]2F. The number of halogens is 2. The Bertz CT molecular complexity index is 1770. The number of anilines is 1. The van der Waals surface area contributed by atoms with Crippen LogP contribution < -0.4 is 5.73 Å². The van der Waals surface area contributed by atoms with Crippen LogP contribution in [0.2, 0.25) is 0 Å². The highest BCUT2D eigenvalue weighted by molar-refractivity contribution is 8.55. The van der Waals surface area contributed by atoms with Crippen molar-refractivity contribution in [2.24, 2.45) is 0 Å². The number of nitrogens with zero attached hydrogens (tertiary/aromatic N) is 5. The predicted molar refractivity (Wildman–Crippen MR) is 162 cm³/mol. The van der Waals surface area contributed by atoms with Gasteiger partial charge in [0.15, 0.2) is 48.0 Å². The summed E-state index contributed by atoms with van der Waals surface area (Å²) in [5.74, 6) is -2.13. The standard InChI is InChI=1S/C25H30F2N6O14P2S/c1-11(2)43-25(36)40-10-50-49(39)42-7-14-19(17(27)23(45-14)32-4-3-12(34)5-15(32)35)46-48(37,38)41-6-13-16(26)20(47-49)24(44-13)33-9-31-18-21(28)29-8-30-22(18)33/h3-4,8-9,11,13-14,16-17,19-20,23-24H,5-7,10H2,1-2H3,(H,37,38)(H2,28,29,30)/t13-,14-,16-,17-,19-,20-,23-,24-,49?/m1/s1. The van der Waals surface area contributed by atoms with Gasteiger partial charge in [-0.3, -0.25) is 37.2 Å². The molecular formula is C25H30F2N6O14P2S. The lowest BCUT2D eigenvalue weighted by molar-refractivity contribution is -0.146. The molecule has 3 saturated heterocycles. The fourth-order valence-corrected chi connectivity index (χ4v) is 9.01. The van der Waals surface area contributed by atoms with E-state index in [1.54, 1.807) is 13.8 Å². The average Bonchev–Trinajstić information content (AvgIpc) is 3.69. The van der Waals surface area contributed by atoms with Gasteiger partial charge in [-0.25, -0.2) is 37.7 Å². The summed E-state index contributed by atoms with van der Waals surface area (Å²) in [6, 6.07) is 0. The van der Waals surface area contributed by atoms with E-state index in [1.807, 2.05) is 0 Å². The summed E-state index contributed by atoms with van der Waals surface area (Å²) >= 11 is 0.277. The highest BCUT2D eigenvalue weighted by Gasteiger charge is 2.56. The van der Waals surface area contributed by atoms with Crippen LogP contribution in [0, 0.1) is 0 Å². The number of allylic oxidation sites excluding steroid dienone is 1. The molecule has 0 aromatic carbocycles. The van der Waals surface area contributed by atoms with Gasteiger partial charge in [0.1, 0.15) is 36.3 Å². The van der Waals surface area contributed by atoms with E-state index in [9.17, 15) is 28.4 Å². The number of hydrogen-bond acceptors (Lipinski definition) is 18. The maximum absolute atomic E-state index is 16.2. The second-order valence-electron chi connectivity index (χ2n) is 11.3. The van der Waals surface area contributed by atoms with Gasteiger partial charge in [-0.05, 0) is 19.9 Å². The van der Waals surface area contributed by atoms with E-state index in [0.717, 1.165) is 23.5 Å². The van der Waals surface area contributed by atoms with Gasteiger partial charge in [-0.15, -0.1) is 0 Å². The Hall–Kier alpha value is -3.11.